The number of ether oxygens (including phenoxy) is 3. The van der Waals surface area contributed by atoms with Gasteiger partial charge in [-0.3, -0.25) is 4.90 Å². The van der Waals surface area contributed by atoms with Crippen molar-refractivity contribution in [2.75, 3.05) is 57.5 Å². The minimum Gasteiger partial charge on any atom is -0.376 e. The second kappa shape index (κ2) is 10.1. The molecule has 1 aromatic heterocycles. The predicted molar refractivity (Wildman–Crippen MR) is 124 cm³/mol. The van der Waals surface area contributed by atoms with Gasteiger partial charge in [-0.25, -0.2) is 4.68 Å². The molecule has 2 fully saturated rings. The Balaban J connectivity index is 1.59. The Hall–Kier alpha value is -0.933. The van der Waals surface area contributed by atoms with E-state index in [2.05, 4.69) is 56.3 Å². The number of aryl methyl sites for hydroxylation is 1. The van der Waals surface area contributed by atoms with Gasteiger partial charge in [0.15, 0.2) is 5.82 Å². The molecule has 3 rings (SSSR count). The average Bonchev–Trinajstić information content (AvgIpc) is 3.05. The predicted octanol–water partition coefficient (Wildman–Crippen LogP) is 3.21. The molecule has 0 bridgehead atoms. The van der Waals surface area contributed by atoms with Crippen LogP contribution in [0.4, 0.5) is 5.82 Å². The third kappa shape index (κ3) is 6.29. The largest absolute Gasteiger partial charge is 0.376 e. The molecule has 3 heterocycles. The molecule has 2 aliphatic rings. The van der Waals surface area contributed by atoms with Gasteiger partial charge in [0.1, 0.15) is 6.73 Å². The summed E-state index contributed by atoms with van der Waals surface area (Å²) >= 11 is 0. The molecule has 8 heteroatoms. The zero-order valence-electron chi connectivity index (χ0n) is 19.9. The molecule has 0 spiro atoms. The van der Waals surface area contributed by atoms with Gasteiger partial charge in [-0.2, -0.15) is 5.10 Å². The molecule has 0 amide bonds. The first-order valence-electron chi connectivity index (χ1n) is 11.5. The highest BCUT2D eigenvalue weighted by molar-refractivity contribution is 6.76. The first-order valence-corrected chi connectivity index (χ1v) is 15.2. The number of rotatable bonds is 9. The second-order valence-electron chi connectivity index (χ2n) is 10.3. The Kier molecular flexibility index (Phi) is 8.01. The maximum atomic E-state index is 5.94. The van der Waals surface area contributed by atoms with E-state index in [-0.39, 0.29) is 11.6 Å². The lowest BCUT2D eigenvalue weighted by atomic mass is 9.92. The highest BCUT2D eigenvalue weighted by atomic mass is 28.3. The molecule has 0 aliphatic carbocycles. The third-order valence-corrected chi connectivity index (χ3v) is 8.12. The van der Waals surface area contributed by atoms with Crippen LogP contribution in [0.15, 0.2) is 6.07 Å². The van der Waals surface area contributed by atoms with Crippen LogP contribution >= 0.6 is 0 Å². The maximum Gasteiger partial charge on any atom is 0.151 e. The monoisotopic (exact) mass is 438 g/mol. The van der Waals surface area contributed by atoms with E-state index in [0.717, 1.165) is 57.3 Å². The Morgan fingerprint density at radius 3 is 2.73 bits per heavy atom. The Morgan fingerprint density at radius 1 is 1.27 bits per heavy atom. The topological polar surface area (TPSA) is 52.0 Å². The molecule has 30 heavy (non-hydrogen) atoms. The Bertz CT molecular complexity index is 672. The van der Waals surface area contributed by atoms with Gasteiger partial charge in [-0.05, 0) is 26.3 Å². The summed E-state index contributed by atoms with van der Waals surface area (Å²) in [6.45, 7) is 21.4. The van der Waals surface area contributed by atoms with Crippen molar-refractivity contribution in [3.8, 4) is 0 Å². The van der Waals surface area contributed by atoms with Crippen molar-refractivity contribution in [3.05, 3.63) is 11.8 Å². The highest BCUT2D eigenvalue weighted by Crippen LogP contribution is 2.30. The number of piperazine rings is 1. The quantitative estimate of drug-likeness (QED) is 0.436. The maximum absolute atomic E-state index is 5.94. The fraction of sp³-hybridized carbons (Fsp3) is 0.864. The first kappa shape index (κ1) is 23.7. The number of anilines is 1. The lowest BCUT2D eigenvalue weighted by Gasteiger charge is -2.49. The third-order valence-electron chi connectivity index (χ3n) is 6.42. The van der Waals surface area contributed by atoms with Crippen LogP contribution in [0.2, 0.25) is 25.7 Å². The summed E-state index contributed by atoms with van der Waals surface area (Å²) < 4.78 is 19.4. The average molecular weight is 439 g/mol. The first-order chi connectivity index (χ1) is 14.2. The van der Waals surface area contributed by atoms with E-state index in [1.165, 1.54) is 6.04 Å². The van der Waals surface area contributed by atoms with Gasteiger partial charge in [0.25, 0.3) is 0 Å². The van der Waals surface area contributed by atoms with Crippen LogP contribution in [-0.4, -0.2) is 87.0 Å². The Labute approximate surface area is 183 Å². The molecule has 0 aromatic carbocycles. The molecule has 172 valence electrons. The van der Waals surface area contributed by atoms with Crippen molar-refractivity contribution < 1.29 is 14.2 Å². The van der Waals surface area contributed by atoms with E-state index in [1.54, 1.807) is 0 Å². The number of hydrogen-bond donors (Lipinski definition) is 0. The number of nitrogens with zero attached hydrogens (tertiary/aromatic N) is 4. The summed E-state index contributed by atoms with van der Waals surface area (Å²) in [6.07, 6.45) is 1.27. The van der Waals surface area contributed by atoms with Gasteiger partial charge in [0.05, 0.1) is 31.5 Å². The van der Waals surface area contributed by atoms with E-state index < -0.39 is 8.07 Å². The minimum absolute atomic E-state index is 0.0537. The van der Waals surface area contributed by atoms with E-state index in [4.69, 9.17) is 19.3 Å². The number of hydrogen-bond acceptors (Lipinski definition) is 6. The molecule has 7 nitrogen and oxygen atoms in total. The fourth-order valence-corrected chi connectivity index (χ4v) is 4.98. The van der Waals surface area contributed by atoms with Crippen molar-refractivity contribution in [1.29, 1.82) is 0 Å². The summed E-state index contributed by atoms with van der Waals surface area (Å²) in [5.41, 5.74) is 1.21. The Morgan fingerprint density at radius 2 is 2.07 bits per heavy atom. The fourth-order valence-electron chi connectivity index (χ4n) is 4.22. The van der Waals surface area contributed by atoms with Crippen molar-refractivity contribution >= 4 is 13.9 Å². The van der Waals surface area contributed by atoms with Gasteiger partial charge in [0, 0.05) is 52.6 Å². The van der Waals surface area contributed by atoms with Crippen molar-refractivity contribution in [3.63, 3.8) is 0 Å². The van der Waals surface area contributed by atoms with Crippen molar-refractivity contribution in [2.45, 2.75) is 71.3 Å². The van der Waals surface area contributed by atoms with E-state index in [0.29, 0.717) is 19.9 Å². The summed E-state index contributed by atoms with van der Waals surface area (Å²) in [7, 11) is -1.06. The molecule has 0 N–H and O–H groups in total. The molecule has 0 saturated carbocycles. The highest BCUT2D eigenvalue weighted by Gasteiger charge is 2.38. The summed E-state index contributed by atoms with van der Waals surface area (Å²) in [5.74, 6) is 1.07. The van der Waals surface area contributed by atoms with Gasteiger partial charge in [0.2, 0.25) is 0 Å². The molecular weight excluding hydrogens is 396 g/mol. The zero-order valence-corrected chi connectivity index (χ0v) is 20.9. The van der Waals surface area contributed by atoms with Crippen LogP contribution in [0, 0.1) is 6.92 Å². The molecule has 2 saturated heterocycles. The van der Waals surface area contributed by atoms with E-state index >= 15 is 0 Å². The minimum atomic E-state index is -1.06. The second-order valence-corrected chi connectivity index (χ2v) is 15.9. The standard InChI is InChI=1S/C22H42N4O3Si/c1-7-22(3)17-24(15-20-16-27-10-11-29-20)8-9-25(22)21-14-19(2)26(23-21)18-28-12-13-30(4,5)6/h14,20H,7-13,15-18H2,1-6H3/t20-,22+/m1/s1. The van der Waals surface area contributed by atoms with Crippen LogP contribution in [-0.2, 0) is 20.9 Å². The molecule has 2 atom stereocenters. The van der Waals surface area contributed by atoms with E-state index in [1.807, 2.05) is 4.68 Å². The lowest BCUT2D eigenvalue weighted by Crippen LogP contribution is -2.62. The zero-order chi connectivity index (χ0) is 21.8. The molecular formula is C22H42N4O3Si. The summed E-state index contributed by atoms with van der Waals surface area (Å²) in [4.78, 5) is 5.02. The molecule has 0 unspecified atom stereocenters. The van der Waals surface area contributed by atoms with E-state index in [9.17, 15) is 0 Å². The lowest BCUT2D eigenvalue weighted by molar-refractivity contribution is -0.0996. The summed E-state index contributed by atoms with van der Waals surface area (Å²) in [5, 5.41) is 4.92. The smallest absolute Gasteiger partial charge is 0.151 e. The number of aromatic nitrogens is 2. The van der Waals surface area contributed by atoms with Gasteiger partial charge >= 0.3 is 0 Å². The molecule has 1 aromatic rings. The van der Waals surface area contributed by atoms with Crippen molar-refractivity contribution in [1.82, 2.24) is 14.7 Å². The van der Waals surface area contributed by atoms with Crippen LogP contribution in [0.1, 0.15) is 26.0 Å². The van der Waals surface area contributed by atoms with Gasteiger partial charge < -0.3 is 19.1 Å². The van der Waals surface area contributed by atoms with Gasteiger partial charge in [-0.15, -0.1) is 0 Å². The summed E-state index contributed by atoms with van der Waals surface area (Å²) in [6, 6.07) is 3.40. The molecule has 0 radical (unpaired) electrons. The molecule has 2 aliphatic heterocycles. The van der Waals surface area contributed by atoms with Crippen molar-refractivity contribution in [2.24, 2.45) is 0 Å². The van der Waals surface area contributed by atoms with Gasteiger partial charge in [-0.1, -0.05) is 26.6 Å². The van der Waals surface area contributed by atoms with Crippen LogP contribution in [0.5, 0.6) is 0 Å². The SMILES string of the molecule is CC[C@@]1(C)CN(C[C@@H]2COCCO2)CCN1c1cc(C)n(COCC[Si](C)(C)C)n1. The van der Waals surface area contributed by atoms with Crippen LogP contribution in [0.3, 0.4) is 0 Å². The van der Waals surface area contributed by atoms with Crippen LogP contribution in [0.25, 0.3) is 0 Å². The van der Waals surface area contributed by atoms with Crippen LogP contribution < -0.4 is 4.90 Å². The normalized spacial score (nSPS) is 26.3.